The van der Waals surface area contributed by atoms with Gasteiger partial charge < -0.3 is 10.1 Å². The van der Waals surface area contributed by atoms with E-state index in [1.165, 1.54) is 5.56 Å². The average Bonchev–Trinajstić information content (AvgIpc) is 2.22. The molecule has 0 saturated heterocycles. The van der Waals surface area contributed by atoms with Crippen molar-refractivity contribution in [1.29, 1.82) is 0 Å². The van der Waals surface area contributed by atoms with E-state index in [1.807, 2.05) is 20.0 Å². The Labute approximate surface area is 98.2 Å². The lowest BCUT2D eigenvalue weighted by atomic mass is 10.2. The second kappa shape index (κ2) is 6.48. The van der Waals surface area contributed by atoms with Gasteiger partial charge in [-0.15, -0.1) is 0 Å². The van der Waals surface area contributed by atoms with Crippen molar-refractivity contribution in [2.24, 2.45) is 0 Å². The molecular weight excluding hydrogens is 200 g/mol. The number of aromatic nitrogens is 1. The van der Waals surface area contributed by atoms with Gasteiger partial charge in [0.25, 0.3) is 0 Å². The number of nitrogens with one attached hydrogen (secondary N) is 1. The lowest BCUT2D eigenvalue weighted by Crippen LogP contribution is -2.13. The van der Waals surface area contributed by atoms with Crippen molar-refractivity contribution in [3.05, 3.63) is 23.4 Å². The molecule has 1 aromatic heterocycles. The molecule has 0 amide bonds. The van der Waals surface area contributed by atoms with Crippen molar-refractivity contribution >= 4 is 0 Å². The summed E-state index contributed by atoms with van der Waals surface area (Å²) in [7, 11) is 1.94. The first-order valence-electron chi connectivity index (χ1n) is 5.95. The van der Waals surface area contributed by atoms with Gasteiger partial charge in [-0.25, -0.2) is 4.98 Å². The Hall–Kier alpha value is -1.09. The van der Waals surface area contributed by atoms with Crippen LogP contribution < -0.4 is 10.1 Å². The van der Waals surface area contributed by atoms with Crippen LogP contribution in [-0.4, -0.2) is 18.1 Å². The predicted molar refractivity (Wildman–Crippen MR) is 66.7 cm³/mol. The van der Waals surface area contributed by atoms with Crippen molar-refractivity contribution in [2.75, 3.05) is 7.05 Å². The SMILES string of the molecule is CCCC(C)Oc1ccc(CNC)c(C)n1. The van der Waals surface area contributed by atoms with Crippen molar-refractivity contribution in [3.63, 3.8) is 0 Å². The van der Waals surface area contributed by atoms with Crippen LogP contribution in [-0.2, 0) is 6.54 Å². The monoisotopic (exact) mass is 222 g/mol. The van der Waals surface area contributed by atoms with Crippen LogP contribution in [0.5, 0.6) is 5.88 Å². The van der Waals surface area contributed by atoms with Gasteiger partial charge in [0, 0.05) is 18.3 Å². The summed E-state index contributed by atoms with van der Waals surface area (Å²) in [6.07, 6.45) is 2.45. The minimum Gasteiger partial charge on any atom is -0.475 e. The fourth-order valence-electron chi connectivity index (χ4n) is 1.68. The Balaban J connectivity index is 2.65. The number of aryl methyl sites for hydroxylation is 1. The third kappa shape index (κ3) is 3.81. The van der Waals surface area contributed by atoms with E-state index < -0.39 is 0 Å². The van der Waals surface area contributed by atoms with Crippen molar-refractivity contribution in [1.82, 2.24) is 10.3 Å². The molecule has 0 aliphatic carbocycles. The van der Waals surface area contributed by atoms with Gasteiger partial charge in [-0.3, -0.25) is 0 Å². The first kappa shape index (κ1) is 13.0. The number of hydrogen-bond acceptors (Lipinski definition) is 3. The molecule has 0 radical (unpaired) electrons. The summed E-state index contributed by atoms with van der Waals surface area (Å²) in [4.78, 5) is 4.45. The third-order valence-electron chi connectivity index (χ3n) is 2.55. The first-order valence-corrected chi connectivity index (χ1v) is 5.95. The molecule has 16 heavy (non-hydrogen) atoms. The second-order valence-corrected chi connectivity index (χ2v) is 4.14. The Bertz CT molecular complexity index is 326. The average molecular weight is 222 g/mol. The fraction of sp³-hybridized carbons (Fsp3) is 0.615. The number of hydrogen-bond donors (Lipinski definition) is 1. The molecule has 1 rings (SSSR count). The van der Waals surface area contributed by atoms with E-state index in [2.05, 4.69) is 30.2 Å². The van der Waals surface area contributed by atoms with E-state index in [0.29, 0.717) is 0 Å². The van der Waals surface area contributed by atoms with Crippen molar-refractivity contribution < 1.29 is 4.74 Å². The zero-order valence-electron chi connectivity index (χ0n) is 10.7. The molecule has 90 valence electrons. The van der Waals surface area contributed by atoms with Gasteiger partial charge in [-0.2, -0.15) is 0 Å². The van der Waals surface area contributed by atoms with Crippen LogP contribution in [0.2, 0.25) is 0 Å². The van der Waals surface area contributed by atoms with E-state index in [0.717, 1.165) is 31.0 Å². The Morgan fingerprint density at radius 2 is 2.19 bits per heavy atom. The zero-order chi connectivity index (χ0) is 12.0. The van der Waals surface area contributed by atoms with E-state index in [4.69, 9.17) is 4.74 Å². The van der Waals surface area contributed by atoms with Crippen molar-refractivity contribution in [3.8, 4) is 5.88 Å². The number of ether oxygens (including phenoxy) is 1. The molecule has 0 spiro atoms. The smallest absolute Gasteiger partial charge is 0.213 e. The maximum absolute atomic E-state index is 5.74. The van der Waals surface area contributed by atoms with Crippen LogP contribution in [0.3, 0.4) is 0 Å². The van der Waals surface area contributed by atoms with Gasteiger partial charge in [0.05, 0.1) is 6.10 Å². The molecule has 0 bridgehead atoms. The maximum Gasteiger partial charge on any atom is 0.213 e. The van der Waals surface area contributed by atoms with Crippen LogP contribution in [0, 0.1) is 6.92 Å². The number of rotatable bonds is 6. The van der Waals surface area contributed by atoms with Gasteiger partial charge in [-0.1, -0.05) is 19.4 Å². The molecule has 1 N–H and O–H groups in total. The van der Waals surface area contributed by atoms with E-state index in [9.17, 15) is 0 Å². The Morgan fingerprint density at radius 1 is 1.44 bits per heavy atom. The maximum atomic E-state index is 5.74. The highest BCUT2D eigenvalue weighted by atomic mass is 16.5. The van der Waals surface area contributed by atoms with Gasteiger partial charge in [0.1, 0.15) is 0 Å². The Kier molecular flexibility index (Phi) is 5.26. The minimum absolute atomic E-state index is 0.243. The summed E-state index contributed by atoms with van der Waals surface area (Å²) in [5.74, 6) is 0.735. The second-order valence-electron chi connectivity index (χ2n) is 4.14. The number of nitrogens with zero attached hydrogens (tertiary/aromatic N) is 1. The normalized spacial score (nSPS) is 12.5. The zero-order valence-corrected chi connectivity index (χ0v) is 10.7. The minimum atomic E-state index is 0.243. The molecule has 1 aromatic rings. The van der Waals surface area contributed by atoms with Crippen LogP contribution in [0.4, 0.5) is 0 Å². The van der Waals surface area contributed by atoms with Crippen LogP contribution >= 0.6 is 0 Å². The quantitative estimate of drug-likeness (QED) is 0.803. The van der Waals surface area contributed by atoms with E-state index >= 15 is 0 Å². The van der Waals surface area contributed by atoms with Crippen LogP contribution in [0.15, 0.2) is 12.1 Å². The largest absolute Gasteiger partial charge is 0.475 e. The molecule has 1 heterocycles. The number of pyridine rings is 1. The predicted octanol–water partition coefficient (Wildman–Crippen LogP) is 2.68. The molecule has 0 aliphatic rings. The van der Waals surface area contributed by atoms with Crippen molar-refractivity contribution in [2.45, 2.75) is 46.3 Å². The molecule has 3 nitrogen and oxygen atoms in total. The van der Waals surface area contributed by atoms with E-state index in [-0.39, 0.29) is 6.10 Å². The molecular formula is C13H22N2O. The fourth-order valence-corrected chi connectivity index (χ4v) is 1.68. The van der Waals surface area contributed by atoms with Gasteiger partial charge >= 0.3 is 0 Å². The topological polar surface area (TPSA) is 34.1 Å². The summed E-state index contributed by atoms with van der Waals surface area (Å²) in [5, 5.41) is 3.12. The lowest BCUT2D eigenvalue weighted by Gasteiger charge is -2.14. The summed E-state index contributed by atoms with van der Waals surface area (Å²) >= 11 is 0. The molecule has 1 unspecified atom stereocenters. The highest BCUT2D eigenvalue weighted by Crippen LogP contribution is 2.15. The lowest BCUT2D eigenvalue weighted by molar-refractivity contribution is 0.201. The summed E-state index contributed by atoms with van der Waals surface area (Å²) in [6, 6.07) is 4.03. The summed E-state index contributed by atoms with van der Waals surface area (Å²) < 4.78 is 5.74. The van der Waals surface area contributed by atoms with E-state index in [1.54, 1.807) is 0 Å². The molecule has 0 saturated carbocycles. The summed E-state index contributed by atoms with van der Waals surface area (Å²) in [6.45, 7) is 7.12. The Morgan fingerprint density at radius 3 is 2.75 bits per heavy atom. The molecule has 1 atom stereocenters. The van der Waals surface area contributed by atoms with Gasteiger partial charge in [-0.05, 0) is 32.9 Å². The van der Waals surface area contributed by atoms with Crippen LogP contribution in [0.1, 0.15) is 37.9 Å². The highest BCUT2D eigenvalue weighted by Gasteiger charge is 2.05. The van der Waals surface area contributed by atoms with Crippen LogP contribution in [0.25, 0.3) is 0 Å². The van der Waals surface area contributed by atoms with Gasteiger partial charge in [0.15, 0.2) is 0 Å². The molecule has 0 aliphatic heterocycles. The molecule has 3 heteroatoms. The highest BCUT2D eigenvalue weighted by molar-refractivity contribution is 5.24. The first-order chi connectivity index (χ1) is 7.67. The summed E-state index contributed by atoms with van der Waals surface area (Å²) in [5.41, 5.74) is 2.26. The molecule has 0 fully saturated rings. The third-order valence-corrected chi connectivity index (χ3v) is 2.55. The molecule has 0 aromatic carbocycles. The standard InChI is InChI=1S/C13H22N2O/c1-5-6-10(2)16-13-8-7-12(9-14-4)11(3)15-13/h7-8,10,14H,5-6,9H2,1-4H3. The van der Waals surface area contributed by atoms with Gasteiger partial charge in [0.2, 0.25) is 5.88 Å².